The van der Waals surface area contributed by atoms with Gasteiger partial charge in [0.25, 0.3) is 12.3 Å². The van der Waals surface area contributed by atoms with E-state index in [1.54, 1.807) is 16.8 Å². The number of nitrogens with one attached hydrogen (secondary N) is 1. The van der Waals surface area contributed by atoms with Crippen LogP contribution in [0.25, 0.3) is 0 Å². The lowest BCUT2D eigenvalue weighted by Crippen LogP contribution is -2.15. The Morgan fingerprint density at radius 2 is 2.24 bits per heavy atom. The van der Waals surface area contributed by atoms with Gasteiger partial charge in [0.05, 0.1) is 5.69 Å². The Morgan fingerprint density at radius 1 is 1.41 bits per heavy atom. The maximum Gasteiger partial charge on any atom is 0.274 e. The van der Waals surface area contributed by atoms with Gasteiger partial charge >= 0.3 is 0 Å². The molecule has 88 valence electrons. The van der Waals surface area contributed by atoms with Gasteiger partial charge in [0.1, 0.15) is 5.69 Å². The summed E-state index contributed by atoms with van der Waals surface area (Å²) in [7, 11) is 0. The maximum atomic E-state index is 12.6. The molecule has 17 heavy (non-hydrogen) atoms. The molecule has 1 amide bonds. The molecule has 2 aromatic heterocycles. The summed E-state index contributed by atoms with van der Waals surface area (Å²) in [6.07, 6.45) is -1.40. The number of nitrogens with zero attached hydrogens (tertiary/aromatic N) is 1. The monoisotopic (exact) mass is 254 g/mol. The Labute approximate surface area is 100 Å². The molecule has 0 saturated carbocycles. The van der Waals surface area contributed by atoms with Crippen LogP contribution >= 0.6 is 11.3 Å². The smallest absolute Gasteiger partial charge is 0.274 e. The second-order valence-electron chi connectivity index (χ2n) is 3.21. The van der Waals surface area contributed by atoms with Crippen molar-refractivity contribution in [2.24, 2.45) is 0 Å². The summed E-state index contributed by atoms with van der Waals surface area (Å²) in [6, 6.07) is 4.26. The average molecular weight is 254 g/mol. The second-order valence-corrected chi connectivity index (χ2v) is 3.99. The van der Waals surface area contributed by atoms with E-state index >= 15 is 0 Å². The zero-order chi connectivity index (χ0) is 12.3. The molecular weight excluding hydrogens is 246 g/mol. The summed E-state index contributed by atoms with van der Waals surface area (Å²) >= 11 is 1.40. The largest absolute Gasteiger partial charge is 0.320 e. The van der Waals surface area contributed by atoms with E-state index in [2.05, 4.69) is 10.3 Å². The quantitative estimate of drug-likeness (QED) is 0.912. The van der Waals surface area contributed by atoms with Crippen molar-refractivity contribution in [1.29, 1.82) is 0 Å². The van der Waals surface area contributed by atoms with Gasteiger partial charge in [-0.3, -0.25) is 9.78 Å². The van der Waals surface area contributed by atoms with E-state index < -0.39 is 12.3 Å². The molecular formula is C11H8F2N2OS. The molecule has 2 aromatic rings. The van der Waals surface area contributed by atoms with Crippen molar-refractivity contribution >= 4 is 22.9 Å². The van der Waals surface area contributed by atoms with E-state index in [1.807, 2.05) is 0 Å². The van der Waals surface area contributed by atoms with Crippen LogP contribution < -0.4 is 5.32 Å². The van der Waals surface area contributed by atoms with Crippen LogP contribution in [0, 0.1) is 0 Å². The van der Waals surface area contributed by atoms with E-state index in [0.29, 0.717) is 5.69 Å². The Hall–Kier alpha value is -1.82. The van der Waals surface area contributed by atoms with E-state index in [1.165, 1.54) is 29.7 Å². The number of carbonyl (C=O) groups is 1. The first-order valence-corrected chi connectivity index (χ1v) is 5.69. The van der Waals surface area contributed by atoms with E-state index in [-0.39, 0.29) is 11.3 Å². The molecule has 0 aliphatic carbocycles. The van der Waals surface area contributed by atoms with Gasteiger partial charge in [-0.25, -0.2) is 8.78 Å². The fourth-order valence-electron chi connectivity index (χ4n) is 1.31. The third kappa shape index (κ3) is 2.65. The van der Waals surface area contributed by atoms with Crippen LogP contribution in [-0.4, -0.2) is 10.9 Å². The highest BCUT2D eigenvalue weighted by molar-refractivity contribution is 7.08. The number of aromatic nitrogens is 1. The molecule has 2 heterocycles. The van der Waals surface area contributed by atoms with Crippen molar-refractivity contribution in [1.82, 2.24) is 4.98 Å². The highest BCUT2D eigenvalue weighted by Crippen LogP contribution is 2.22. The number of anilines is 1. The van der Waals surface area contributed by atoms with Gasteiger partial charge in [-0.2, -0.15) is 11.3 Å². The van der Waals surface area contributed by atoms with Crippen molar-refractivity contribution in [3.05, 3.63) is 46.4 Å². The number of hydrogen-bond acceptors (Lipinski definition) is 3. The van der Waals surface area contributed by atoms with Crippen molar-refractivity contribution in [2.45, 2.75) is 6.43 Å². The van der Waals surface area contributed by atoms with Crippen molar-refractivity contribution in [3.8, 4) is 0 Å². The molecule has 0 saturated heterocycles. The number of halogens is 2. The van der Waals surface area contributed by atoms with E-state index in [4.69, 9.17) is 0 Å². The van der Waals surface area contributed by atoms with Gasteiger partial charge in [-0.1, -0.05) is 0 Å². The predicted molar refractivity (Wildman–Crippen MR) is 61.5 cm³/mol. The highest BCUT2D eigenvalue weighted by Gasteiger charge is 2.19. The molecule has 6 heteroatoms. The number of rotatable bonds is 3. The van der Waals surface area contributed by atoms with Crippen LogP contribution in [0.1, 0.15) is 22.5 Å². The van der Waals surface area contributed by atoms with Gasteiger partial charge in [0.15, 0.2) is 0 Å². The van der Waals surface area contributed by atoms with Crippen molar-refractivity contribution in [3.63, 3.8) is 0 Å². The summed E-state index contributed by atoms with van der Waals surface area (Å²) in [5.74, 6) is -0.626. The molecule has 0 bridgehead atoms. The molecule has 0 fully saturated rings. The summed E-state index contributed by atoms with van der Waals surface area (Å²) in [5.41, 5.74) is -0.0280. The van der Waals surface area contributed by atoms with Crippen molar-refractivity contribution < 1.29 is 13.6 Å². The molecule has 0 aliphatic rings. The van der Waals surface area contributed by atoms with Crippen LogP contribution in [-0.2, 0) is 0 Å². The zero-order valence-corrected chi connectivity index (χ0v) is 9.38. The summed E-state index contributed by atoms with van der Waals surface area (Å²) < 4.78 is 25.3. The molecule has 0 atom stereocenters. The highest BCUT2D eigenvalue weighted by atomic mass is 32.1. The Kier molecular flexibility index (Phi) is 3.43. The normalized spacial score (nSPS) is 10.5. The van der Waals surface area contributed by atoms with E-state index in [0.717, 1.165) is 0 Å². The first-order chi connectivity index (χ1) is 8.18. The topological polar surface area (TPSA) is 42.0 Å². The second kappa shape index (κ2) is 5.01. The minimum absolute atomic E-state index is 0.242. The minimum Gasteiger partial charge on any atom is -0.320 e. The fraction of sp³-hybridized carbons (Fsp3) is 0.0909. The van der Waals surface area contributed by atoms with Gasteiger partial charge in [-0.05, 0) is 23.6 Å². The Bertz CT molecular complexity index is 514. The molecule has 1 N–H and O–H groups in total. The zero-order valence-electron chi connectivity index (χ0n) is 8.56. The molecule has 0 radical (unpaired) electrons. The van der Waals surface area contributed by atoms with Gasteiger partial charge in [0, 0.05) is 17.1 Å². The molecule has 3 nitrogen and oxygen atoms in total. The number of amides is 1. The lowest BCUT2D eigenvalue weighted by molar-refractivity contribution is 0.100. The lowest BCUT2D eigenvalue weighted by Gasteiger charge is -2.07. The third-order valence-electron chi connectivity index (χ3n) is 2.07. The number of pyridine rings is 1. The molecule has 0 aliphatic heterocycles. The molecule has 0 unspecified atom stereocenters. The van der Waals surface area contributed by atoms with Gasteiger partial charge < -0.3 is 5.32 Å². The molecule has 2 rings (SSSR count). The first-order valence-electron chi connectivity index (χ1n) is 4.75. The van der Waals surface area contributed by atoms with Crippen LogP contribution in [0.4, 0.5) is 14.5 Å². The third-order valence-corrected chi connectivity index (χ3v) is 2.75. The van der Waals surface area contributed by atoms with E-state index in [9.17, 15) is 13.6 Å². The van der Waals surface area contributed by atoms with Crippen LogP contribution in [0.5, 0.6) is 0 Å². The number of alkyl halides is 2. The number of carbonyl (C=O) groups excluding carboxylic acids is 1. The van der Waals surface area contributed by atoms with Gasteiger partial charge in [-0.15, -0.1) is 0 Å². The summed E-state index contributed by atoms with van der Waals surface area (Å²) in [6.45, 7) is 0. The van der Waals surface area contributed by atoms with Crippen molar-refractivity contribution in [2.75, 3.05) is 5.32 Å². The number of hydrogen-bond donors (Lipinski definition) is 1. The van der Waals surface area contributed by atoms with Crippen LogP contribution in [0.2, 0.25) is 0 Å². The fourth-order valence-corrected chi connectivity index (χ4v) is 1.90. The van der Waals surface area contributed by atoms with Gasteiger partial charge in [0.2, 0.25) is 0 Å². The first kappa shape index (κ1) is 11.7. The Morgan fingerprint density at radius 3 is 2.88 bits per heavy atom. The molecule has 0 aromatic carbocycles. The predicted octanol–water partition coefficient (Wildman–Crippen LogP) is 3.33. The molecule has 0 spiro atoms. The Balaban J connectivity index is 2.25. The van der Waals surface area contributed by atoms with Crippen LogP contribution in [0.3, 0.4) is 0 Å². The average Bonchev–Trinajstić information content (AvgIpc) is 2.81. The maximum absolute atomic E-state index is 12.6. The summed E-state index contributed by atoms with van der Waals surface area (Å²) in [4.78, 5) is 15.4. The SMILES string of the molecule is O=C(Nc1ccsc1)c1ncccc1C(F)F. The lowest BCUT2D eigenvalue weighted by atomic mass is 10.2. The van der Waals surface area contributed by atoms with Crippen LogP contribution in [0.15, 0.2) is 35.2 Å². The summed E-state index contributed by atoms with van der Waals surface area (Å²) in [5, 5.41) is 6.00. The minimum atomic E-state index is -2.72. The number of thiophene rings is 1. The standard InChI is InChI=1S/C11H8F2N2OS/c12-10(13)8-2-1-4-14-9(8)11(16)15-7-3-5-17-6-7/h1-6,10H,(H,15,16).